The van der Waals surface area contributed by atoms with E-state index in [9.17, 15) is 5.11 Å². The van der Waals surface area contributed by atoms with Crippen LogP contribution in [0.25, 0.3) is 0 Å². The SMILES string of the molecule is CCNC(=NCc1ccccc1Cl)NCC(C)(O)c1ccccc1.I. The predicted molar refractivity (Wildman–Crippen MR) is 116 cm³/mol. The zero-order chi connectivity index (χ0) is 17.4. The summed E-state index contributed by atoms with van der Waals surface area (Å²) in [5.41, 5.74) is 0.840. The van der Waals surface area contributed by atoms with Crippen molar-refractivity contribution in [1.82, 2.24) is 10.6 Å². The normalized spacial score (nSPS) is 13.5. The van der Waals surface area contributed by atoms with Crippen LogP contribution in [0, 0.1) is 0 Å². The van der Waals surface area contributed by atoms with Crippen molar-refractivity contribution in [3.05, 3.63) is 70.7 Å². The van der Waals surface area contributed by atoms with Gasteiger partial charge in [-0.25, -0.2) is 4.99 Å². The van der Waals surface area contributed by atoms with Gasteiger partial charge in [-0.3, -0.25) is 0 Å². The van der Waals surface area contributed by atoms with Gasteiger partial charge in [0.2, 0.25) is 0 Å². The molecule has 0 aliphatic carbocycles. The van der Waals surface area contributed by atoms with Crippen LogP contribution in [0.2, 0.25) is 5.02 Å². The number of aliphatic imine (C=N–C) groups is 1. The minimum atomic E-state index is -0.984. The molecule has 0 bridgehead atoms. The van der Waals surface area contributed by atoms with Crippen molar-refractivity contribution >= 4 is 41.5 Å². The van der Waals surface area contributed by atoms with Gasteiger partial charge < -0.3 is 15.7 Å². The Hall–Kier alpha value is -1.31. The third kappa shape index (κ3) is 6.84. The first-order valence-corrected chi connectivity index (χ1v) is 8.44. The highest BCUT2D eigenvalue weighted by Crippen LogP contribution is 2.19. The maximum Gasteiger partial charge on any atom is 0.191 e. The molecule has 0 aliphatic rings. The first kappa shape index (κ1) is 21.7. The van der Waals surface area contributed by atoms with Gasteiger partial charge in [0.05, 0.1) is 13.1 Å². The first-order chi connectivity index (χ1) is 11.5. The number of guanidine groups is 1. The van der Waals surface area contributed by atoms with Crippen LogP contribution in [0.1, 0.15) is 25.0 Å². The van der Waals surface area contributed by atoms with Crippen molar-refractivity contribution in [2.75, 3.05) is 13.1 Å². The number of hydrogen-bond acceptors (Lipinski definition) is 2. The van der Waals surface area contributed by atoms with Crippen molar-refractivity contribution in [2.45, 2.75) is 26.0 Å². The smallest absolute Gasteiger partial charge is 0.191 e. The Kier molecular flexibility index (Phi) is 9.24. The van der Waals surface area contributed by atoms with Gasteiger partial charge in [-0.05, 0) is 31.0 Å². The highest BCUT2D eigenvalue weighted by Gasteiger charge is 2.22. The molecule has 2 aromatic rings. The molecule has 0 spiro atoms. The molecule has 136 valence electrons. The predicted octanol–water partition coefficient (Wildman–Crippen LogP) is 3.92. The van der Waals surface area contributed by atoms with Gasteiger partial charge in [0.25, 0.3) is 0 Å². The monoisotopic (exact) mass is 473 g/mol. The summed E-state index contributed by atoms with van der Waals surface area (Å²) in [4.78, 5) is 4.54. The second-order valence-corrected chi connectivity index (χ2v) is 6.19. The Balaban J connectivity index is 0.00000312. The Morgan fingerprint density at radius 2 is 1.72 bits per heavy atom. The topological polar surface area (TPSA) is 56.7 Å². The molecule has 0 aliphatic heterocycles. The molecule has 0 saturated carbocycles. The molecule has 0 fully saturated rings. The Morgan fingerprint density at radius 3 is 2.36 bits per heavy atom. The standard InChI is InChI=1S/C19H24ClN3O.HI/c1-3-21-18(22-13-15-9-7-8-12-17(15)20)23-14-19(2,24)16-10-5-4-6-11-16;/h4-12,24H,3,13-14H2,1-2H3,(H2,21,22,23);1H. The number of halogens is 2. The second kappa shape index (κ2) is 10.6. The van der Waals surface area contributed by atoms with Crippen molar-refractivity contribution in [2.24, 2.45) is 4.99 Å². The lowest BCUT2D eigenvalue weighted by Gasteiger charge is -2.25. The molecule has 4 nitrogen and oxygen atoms in total. The van der Waals surface area contributed by atoms with Crippen molar-refractivity contribution in [3.8, 4) is 0 Å². The molecule has 0 aromatic heterocycles. The fourth-order valence-corrected chi connectivity index (χ4v) is 2.48. The van der Waals surface area contributed by atoms with Crippen molar-refractivity contribution in [3.63, 3.8) is 0 Å². The molecule has 0 heterocycles. The average molecular weight is 474 g/mol. The summed E-state index contributed by atoms with van der Waals surface area (Å²) in [6.07, 6.45) is 0. The van der Waals surface area contributed by atoms with Gasteiger partial charge in [-0.2, -0.15) is 0 Å². The van der Waals surface area contributed by atoms with E-state index in [1.54, 1.807) is 6.92 Å². The molecule has 2 rings (SSSR count). The number of rotatable bonds is 6. The Bertz CT molecular complexity index is 677. The molecule has 6 heteroatoms. The van der Waals surface area contributed by atoms with E-state index in [2.05, 4.69) is 15.6 Å². The lowest BCUT2D eigenvalue weighted by molar-refractivity contribution is 0.0617. The minimum Gasteiger partial charge on any atom is -0.384 e. The van der Waals surface area contributed by atoms with Gasteiger partial charge in [-0.15, -0.1) is 24.0 Å². The van der Waals surface area contributed by atoms with Crippen LogP contribution in [0.4, 0.5) is 0 Å². The van der Waals surface area contributed by atoms with Gasteiger partial charge in [0.1, 0.15) is 5.60 Å². The lowest BCUT2D eigenvalue weighted by atomic mass is 9.96. The summed E-state index contributed by atoms with van der Waals surface area (Å²) in [6, 6.07) is 17.2. The summed E-state index contributed by atoms with van der Waals surface area (Å²) in [7, 11) is 0. The van der Waals surface area contributed by atoms with E-state index >= 15 is 0 Å². The van der Waals surface area contributed by atoms with E-state index in [1.165, 1.54) is 0 Å². The fraction of sp³-hybridized carbons (Fsp3) is 0.316. The average Bonchev–Trinajstić information content (AvgIpc) is 2.59. The number of nitrogens with zero attached hydrogens (tertiary/aromatic N) is 1. The maximum atomic E-state index is 10.7. The van der Waals surface area contributed by atoms with E-state index in [0.717, 1.165) is 17.7 Å². The van der Waals surface area contributed by atoms with Gasteiger partial charge in [0.15, 0.2) is 5.96 Å². The summed E-state index contributed by atoms with van der Waals surface area (Å²) >= 11 is 6.16. The van der Waals surface area contributed by atoms with E-state index in [0.29, 0.717) is 24.1 Å². The molecule has 3 N–H and O–H groups in total. The zero-order valence-corrected chi connectivity index (χ0v) is 17.6. The number of hydrogen-bond donors (Lipinski definition) is 3. The number of benzene rings is 2. The van der Waals surface area contributed by atoms with E-state index in [-0.39, 0.29) is 24.0 Å². The molecular weight excluding hydrogens is 449 g/mol. The third-order valence-corrected chi connectivity index (χ3v) is 4.07. The van der Waals surface area contributed by atoms with Gasteiger partial charge in [0, 0.05) is 11.6 Å². The molecule has 2 aromatic carbocycles. The van der Waals surface area contributed by atoms with E-state index in [1.807, 2.05) is 61.5 Å². The zero-order valence-electron chi connectivity index (χ0n) is 14.5. The van der Waals surface area contributed by atoms with Crippen LogP contribution in [0.15, 0.2) is 59.6 Å². The fourth-order valence-electron chi connectivity index (χ4n) is 2.29. The molecule has 25 heavy (non-hydrogen) atoms. The Morgan fingerprint density at radius 1 is 1.08 bits per heavy atom. The number of aliphatic hydroxyl groups is 1. The van der Waals surface area contributed by atoms with Crippen LogP contribution in [-0.2, 0) is 12.1 Å². The Labute approximate surface area is 171 Å². The molecular formula is C19H25ClIN3O. The third-order valence-electron chi connectivity index (χ3n) is 3.71. The summed E-state index contributed by atoms with van der Waals surface area (Å²) in [5, 5.41) is 17.7. The summed E-state index contributed by atoms with van der Waals surface area (Å²) < 4.78 is 0. The van der Waals surface area contributed by atoms with E-state index < -0.39 is 5.60 Å². The van der Waals surface area contributed by atoms with E-state index in [4.69, 9.17) is 11.6 Å². The van der Waals surface area contributed by atoms with Crippen molar-refractivity contribution in [1.29, 1.82) is 0 Å². The molecule has 1 unspecified atom stereocenters. The summed E-state index contributed by atoms with van der Waals surface area (Å²) in [6.45, 7) is 5.35. The van der Waals surface area contributed by atoms with Gasteiger partial charge >= 0.3 is 0 Å². The second-order valence-electron chi connectivity index (χ2n) is 5.78. The highest BCUT2D eigenvalue weighted by molar-refractivity contribution is 14.0. The first-order valence-electron chi connectivity index (χ1n) is 8.06. The van der Waals surface area contributed by atoms with Gasteiger partial charge in [-0.1, -0.05) is 60.1 Å². The van der Waals surface area contributed by atoms with Crippen LogP contribution in [0.3, 0.4) is 0 Å². The molecule has 0 amide bonds. The quantitative estimate of drug-likeness (QED) is 0.339. The van der Waals surface area contributed by atoms with Crippen LogP contribution in [0.5, 0.6) is 0 Å². The van der Waals surface area contributed by atoms with Crippen LogP contribution >= 0.6 is 35.6 Å². The molecule has 0 saturated heterocycles. The minimum absolute atomic E-state index is 0. The van der Waals surface area contributed by atoms with Crippen LogP contribution in [-0.4, -0.2) is 24.2 Å². The summed E-state index contributed by atoms with van der Waals surface area (Å²) in [5.74, 6) is 0.647. The highest BCUT2D eigenvalue weighted by atomic mass is 127. The number of nitrogens with one attached hydrogen (secondary N) is 2. The van der Waals surface area contributed by atoms with Crippen LogP contribution < -0.4 is 10.6 Å². The molecule has 1 atom stereocenters. The largest absolute Gasteiger partial charge is 0.384 e. The molecule has 0 radical (unpaired) electrons. The maximum absolute atomic E-state index is 10.7. The van der Waals surface area contributed by atoms with Crippen molar-refractivity contribution < 1.29 is 5.11 Å². The lowest BCUT2D eigenvalue weighted by Crippen LogP contribution is -2.44.